The lowest BCUT2D eigenvalue weighted by Crippen LogP contribution is -2.30. The number of pyridine rings is 1. The van der Waals surface area contributed by atoms with Crippen molar-refractivity contribution in [3.05, 3.63) is 71.7 Å². The zero-order valence-electron chi connectivity index (χ0n) is 14.9. The molecule has 0 saturated heterocycles. The van der Waals surface area contributed by atoms with Crippen LogP contribution in [-0.2, 0) is 13.0 Å². The van der Waals surface area contributed by atoms with E-state index in [1.165, 1.54) is 11.6 Å². The molecule has 130 valence electrons. The van der Waals surface area contributed by atoms with Crippen molar-refractivity contribution in [1.29, 1.82) is 0 Å². The molecular weight excluding hydrogens is 315 g/mol. The zero-order chi connectivity index (χ0) is 17.8. The molecule has 2 aromatic carbocycles. The second-order valence-corrected chi connectivity index (χ2v) is 6.42. The van der Waals surface area contributed by atoms with E-state index in [-0.39, 0.29) is 5.82 Å². The molecule has 0 bridgehead atoms. The highest BCUT2D eigenvalue weighted by Crippen LogP contribution is 2.22. The van der Waals surface area contributed by atoms with Crippen molar-refractivity contribution in [2.24, 2.45) is 0 Å². The summed E-state index contributed by atoms with van der Waals surface area (Å²) in [5.41, 5.74) is 3.05. The topological polar surface area (TPSA) is 25.4 Å². The van der Waals surface area contributed by atoms with Gasteiger partial charge in [0.25, 0.3) is 0 Å². The molecule has 25 heavy (non-hydrogen) atoms. The second-order valence-electron chi connectivity index (χ2n) is 6.42. The van der Waals surface area contributed by atoms with Crippen LogP contribution >= 0.6 is 0 Å². The monoisotopic (exact) mass is 338 g/mol. The third-order valence-corrected chi connectivity index (χ3v) is 4.66. The van der Waals surface area contributed by atoms with Gasteiger partial charge in [0, 0.05) is 24.2 Å². The highest BCUT2D eigenvalue weighted by Gasteiger charge is 2.14. The predicted molar refractivity (Wildman–Crippen MR) is 99.3 cm³/mol. The van der Waals surface area contributed by atoms with Crippen LogP contribution in [0.15, 0.2) is 54.7 Å². The standard InChI is InChI=1S/C21H23FN2O/c1-15(13-16-6-9-18(25-3)10-7-16)24(2)14-17-8-11-20(22)19-5-4-12-23-21(17)19/h4-12,15H,13-14H2,1-3H3. The molecule has 0 fully saturated rings. The highest BCUT2D eigenvalue weighted by molar-refractivity contribution is 5.82. The number of fused-ring (bicyclic) bond motifs is 1. The van der Waals surface area contributed by atoms with E-state index in [0.29, 0.717) is 11.4 Å². The van der Waals surface area contributed by atoms with E-state index < -0.39 is 0 Å². The number of benzene rings is 2. The quantitative estimate of drug-likeness (QED) is 0.664. The van der Waals surface area contributed by atoms with Crippen LogP contribution in [0.25, 0.3) is 10.9 Å². The fourth-order valence-corrected chi connectivity index (χ4v) is 3.01. The molecule has 0 N–H and O–H groups in total. The Morgan fingerprint density at radius 1 is 1.12 bits per heavy atom. The van der Waals surface area contributed by atoms with E-state index in [0.717, 1.165) is 29.8 Å². The summed E-state index contributed by atoms with van der Waals surface area (Å²) in [6.45, 7) is 2.93. The lowest BCUT2D eigenvalue weighted by atomic mass is 10.0. The fraction of sp³-hybridized carbons (Fsp3) is 0.286. The van der Waals surface area contributed by atoms with E-state index in [1.807, 2.05) is 18.2 Å². The first-order valence-corrected chi connectivity index (χ1v) is 8.43. The summed E-state index contributed by atoms with van der Waals surface area (Å²) in [5.74, 6) is 0.648. The van der Waals surface area contributed by atoms with Gasteiger partial charge in [0.2, 0.25) is 0 Å². The Balaban J connectivity index is 1.73. The average Bonchev–Trinajstić information content (AvgIpc) is 2.64. The molecule has 3 aromatic rings. The molecule has 4 heteroatoms. The maximum Gasteiger partial charge on any atom is 0.132 e. The van der Waals surface area contributed by atoms with Crippen LogP contribution in [0.1, 0.15) is 18.1 Å². The number of nitrogens with zero attached hydrogens (tertiary/aromatic N) is 2. The van der Waals surface area contributed by atoms with Crippen LogP contribution in [0.4, 0.5) is 4.39 Å². The van der Waals surface area contributed by atoms with Crippen LogP contribution in [0.3, 0.4) is 0 Å². The van der Waals surface area contributed by atoms with Gasteiger partial charge >= 0.3 is 0 Å². The number of ether oxygens (including phenoxy) is 1. The Labute approximate surface area is 148 Å². The third kappa shape index (κ3) is 3.97. The van der Waals surface area contributed by atoms with Gasteiger partial charge in [-0.2, -0.15) is 0 Å². The maximum atomic E-state index is 13.9. The number of hydrogen-bond donors (Lipinski definition) is 0. The highest BCUT2D eigenvalue weighted by atomic mass is 19.1. The minimum Gasteiger partial charge on any atom is -0.497 e. The number of methoxy groups -OCH3 is 1. The molecule has 1 atom stereocenters. The molecule has 0 radical (unpaired) electrons. The summed E-state index contributed by atoms with van der Waals surface area (Å²) in [7, 11) is 3.76. The molecule has 3 nitrogen and oxygen atoms in total. The molecule has 0 amide bonds. The first-order valence-electron chi connectivity index (χ1n) is 8.43. The first kappa shape index (κ1) is 17.4. The molecule has 1 aromatic heterocycles. The van der Waals surface area contributed by atoms with Gasteiger partial charge in [0.15, 0.2) is 0 Å². The summed E-state index contributed by atoms with van der Waals surface area (Å²) in [5, 5.41) is 0.580. The van der Waals surface area contributed by atoms with Gasteiger partial charge in [-0.25, -0.2) is 4.39 Å². The Morgan fingerprint density at radius 2 is 1.88 bits per heavy atom. The Kier molecular flexibility index (Phi) is 5.29. The number of aromatic nitrogens is 1. The van der Waals surface area contributed by atoms with Crippen molar-refractivity contribution in [3.63, 3.8) is 0 Å². The van der Waals surface area contributed by atoms with Gasteiger partial charge in [-0.05, 0) is 61.9 Å². The fourth-order valence-electron chi connectivity index (χ4n) is 3.01. The van der Waals surface area contributed by atoms with Crippen LogP contribution in [-0.4, -0.2) is 30.1 Å². The van der Waals surface area contributed by atoms with Crippen molar-refractivity contribution < 1.29 is 9.13 Å². The van der Waals surface area contributed by atoms with E-state index in [4.69, 9.17) is 4.74 Å². The normalized spacial score (nSPS) is 12.5. The smallest absolute Gasteiger partial charge is 0.132 e. The molecule has 0 spiro atoms. The van der Waals surface area contributed by atoms with Crippen LogP contribution < -0.4 is 4.74 Å². The molecule has 0 aliphatic carbocycles. The molecule has 1 unspecified atom stereocenters. The van der Waals surface area contributed by atoms with Crippen molar-refractivity contribution in [2.75, 3.05) is 14.2 Å². The lowest BCUT2D eigenvalue weighted by molar-refractivity contribution is 0.248. The summed E-state index contributed by atoms with van der Waals surface area (Å²) in [6, 6.07) is 15.4. The number of hydrogen-bond acceptors (Lipinski definition) is 3. The summed E-state index contributed by atoms with van der Waals surface area (Å²) in [4.78, 5) is 6.65. The van der Waals surface area contributed by atoms with Crippen LogP contribution in [0.5, 0.6) is 5.75 Å². The minimum atomic E-state index is -0.221. The van der Waals surface area contributed by atoms with Crippen molar-refractivity contribution in [2.45, 2.75) is 25.9 Å². The maximum absolute atomic E-state index is 13.9. The molecule has 3 rings (SSSR count). The lowest BCUT2D eigenvalue weighted by Gasteiger charge is -2.25. The summed E-state index contributed by atoms with van der Waals surface area (Å²) >= 11 is 0. The largest absolute Gasteiger partial charge is 0.497 e. The van der Waals surface area contributed by atoms with E-state index >= 15 is 0 Å². The van der Waals surface area contributed by atoms with Gasteiger partial charge in [-0.1, -0.05) is 18.2 Å². The minimum absolute atomic E-state index is 0.221. The summed E-state index contributed by atoms with van der Waals surface area (Å²) < 4.78 is 19.2. The predicted octanol–water partition coefficient (Wildman–Crippen LogP) is 4.45. The van der Waals surface area contributed by atoms with Crippen LogP contribution in [0.2, 0.25) is 0 Å². The second kappa shape index (κ2) is 7.62. The number of likely N-dealkylation sites (N-methyl/N-ethyl adjacent to an activating group) is 1. The van der Waals surface area contributed by atoms with Crippen LogP contribution in [0, 0.1) is 5.82 Å². The van der Waals surface area contributed by atoms with Gasteiger partial charge in [0.1, 0.15) is 11.6 Å². The molecule has 0 saturated carbocycles. The molecule has 0 aliphatic heterocycles. The summed E-state index contributed by atoms with van der Waals surface area (Å²) in [6.07, 6.45) is 2.65. The number of rotatable bonds is 6. The van der Waals surface area contributed by atoms with Crippen molar-refractivity contribution in [1.82, 2.24) is 9.88 Å². The van der Waals surface area contributed by atoms with E-state index in [1.54, 1.807) is 25.4 Å². The Morgan fingerprint density at radius 3 is 2.60 bits per heavy atom. The van der Waals surface area contributed by atoms with E-state index in [2.05, 4.69) is 36.0 Å². The third-order valence-electron chi connectivity index (χ3n) is 4.66. The zero-order valence-corrected chi connectivity index (χ0v) is 14.9. The van der Waals surface area contributed by atoms with Gasteiger partial charge in [-0.15, -0.1) is 0 Å². The SMILES string of the molecule is COc1ccc(CC(C)N(C)Cc2ccc(F)c3cccnc23)cc1. The first-order chi connectivity index (χ1) is 12.1. The Bertz CT molecular complexity index is 848. The van der Waals surface area contributed by atoms with Gasteiger partial charge < -0.3 is 4.74 Å². The van der Waals surface area contributed by atoms with Gasteiger partial charge in [-0.3, -0.25) is 9.88 Å². The van der Waals surface area contributed by atoms with E-state index in [9.17, 15) is 4.39 Å². The van der Waals surface area contributed by atoms with Crippen molar-refractivity contribution >= 4 is 10.9 Å². The number of halogens is 1. The average molecular weight is 338 g/mol. The molecule has 1 heterocycles. The van der Waals surface area contributed by atoms with Gasteiger partial charge in [0.05, 0.1) is 12.6 Å². The molecular formula is C21H23FN2O. The molecule has 0 aliphatic rings. The van der Waals surface area contributed by atoms with Crippen molar-refractivity contribution in [3.8, 4) is 5.75 Å². The Hall–Kier alpha value is -2.46.